The summed E-state index contributed by atoms with van der Waals surface area (Å²) in [6, 6.07) is 0. The first-order valence-corrected chi connectivity index (χ1v) is 7.40. The minimum atomic E-state index is -0.194. The summed E-state index contributed by atoms with van der Waals surface area (Å²) in [6.45, 7) is 10.1. The molecule has 0 atom stereocenters. The highest BCUT2D eigenvalue weighted by Crippen LogP contribution is 2.24. The Morgan fingerprint density at radius 2 is 2.14 bits per heavy atom. The molecule has 1 aromatic rings. The Hall–Kier alpha value is -1.56. The Labute approximate surface area is 126 Å². The van der Waals surface area contributed by atoms with Gasteiger partial charge in [0, 0.05) is 43.9 Å². The first-order chi connectivity index (χ1) is 9.77. The lowest BCUT2D eigenvalue weighted by molar-refractivity contribution is 0.155. The van der Waals surface area contributed by atoms with Crippen LogP contribution in [0.25, 0.3) is 0 Å². The molecule has 1 amide bonds. The lowest BCUT2D eigenvalue weighted by atomic mass is 9.89. The number of ether oxygens (including phenoxy) is 1. The number of rotatable bonds is 5. The summed E-state index contributed by atoms with van der Waals surface area (Å²) >= 11 is 0. The number of likely N-dealkylation sites (N-methyl/N-ethyl adjacent to an activating group) is 1. The largest absolute Gasteiger partial charge is 0.448 e. The molecule has 0 saturated carbocycles. The van der Waals surface area contributed by atoms with Crippen molar-refractivity contribution in [2.75, 3.05) is 33.3 Å². The quantitative estimate of drug-likeness (QED) is 0.828. The molecule has 0 spiro atoms. The van der Waals surface area contributed by atoms with Gasteiger partial charge < -0.3 is 14.5 Å². The molecule has 1 aliphatic rings. The van der Waals surface area contributed by atoms with Crippen LogP contribution in [-0.2, 0) is 23.7 Å². The van der Waals surface area contributed by atoms with Gasteiger partial charge in [-0.3, -0.25) is 4.68 Å². The molecule has 1 fully saturated rings. The van der Waals surface area contributed by atoms with Gasteiger partial charge in [0.25, 0.3) is 0 Å². The van der Waals surface area contributed by atoms with Crippen molar-refractivity contribution in [3.63, 3.8) is 0 Å². The predicted molar refractivity (Wildman–Crippen MR) is 81.2 cm³/mol. The maximum atomic E-state index is 11.4. The molecule has 0 aromatic carbocycles. The third kappa shape index (κ3) is 3.97. The summed E-state index contributed by atoms with van der Waals surface area (Å²) < 4.78 is 6.81. The topological polar surface area (TPSA) is 50.6 Å². The number of aryl methyl sites for hydroxylation is 1. The zero-order valence-electron chi connectivity index (χ0n) is 13.7. The van der Waals surface area contributed by atoms with E-state index in [1.165, 1.54) is 5.56 Å². The zero-order valence-corrected chi connectivity index (χ0v) is 13.7. The fourth-order valence-corrected chi connectivity index (χ4v) is 2.57. The maximum Gasteiger partial charge on any atom is 0.409 e. The Morgan fingerprint density at radius 1 is 1.43 bits per heavy atom. The summed E-state index contributed by atoms with van der Waals surface area (Å²) in [6.07, 6.45) is 1.89. The summed E-state index contributed by atoms with van der Waals surface area (Å²) in [5.41, 5.74) is 2.42. The van der Waals surface area contributed by atoms with Crippen LogP contribution in [0.1, 0.15) is 32.0 Å². The summed E-state index contributed by atoms with van der Waals surface area (Å²) in [4.78, 5) is 15.4. The van der Waals surface area contributed by atoms with Crippen molar-refractivity contribution in [3.8, 4) is 0 Å². The first kappa shape index (κ1) is 15.8. The van der Waals surface area contributed by atoms with Crippen molar-refractivity contribution in [2.24, 2.45) is 7.05 Å². The van der Waals surface area contributed by atoms with E-state index in [0.29, 0.717) is 19.7 Å². The Kier molecular flexibility index (Phi) is 4.56. The molecule has 118 valence electrons. The lowest BCUT2D eigenvalue weighted by Gasteiger charge is -2.22. The highest BCUT2D eigenvalue weighted by atomic mass is 16.6. The minimum Gasteiger partial charge on any atom is -0.448 e. The average Bonchev–Trinajstić information content (AvgIpc) is 2.92. The van der Waals surface area contributed by atoms with E-state index in [1.54, 1.807) is 4.90 Å². The van der Waals surface area contributed by atoms with Crippen LogP contribution in [0, 0.1) is 0 Å². The number of hydrogen-bond donors (Lipinski definition) is 0. The predicted octanol–water partition coefficient (Wildman–Crippen LogP) is 1.60. The van der Waals surface area contributed by atoms with Crippen LogP contribution >= 0.6 is 0 Å². The SMILES string of the molecule is CN(CCN1CCOC1=O)Cc1cn(C)nc1C(C)(C)C. The zero-order chi connectivity index (χ0) is 15.6. The van der Waals surface area contributed by atoms with E-state index >= 15 is 0 Å². The molecular formula is C15H26N4O2. The van der Waals surface area contributed by atoms with Gasteiger partial charge in [-0.25, -0.2) is 4.79 Å². The fourth-order valence-electron chi connectivity index (χ4n) is 2.57. The molecule has 1 aliphatic heterocycles. The van der Waals surface area contributed by atoms with Crippen molar-refractivity contribution in [1.29, 1.82) is 0 Å². The molecule has 0 N–H and O–H groups in total. The van der Waals surface area contributed by atoms with Crippen molar-refractivity contribution < 1.29 is 9.53 Å². The maximum absolute atomic E-state index is 11.4. The van der Waals surface area contributed by atoms with E-state index in [2.05, 4.69) is 44.0 Å². The van der Waals surface area contributed by atoms with Gasteiger partial charge in [-0.2, -0.15) is 5.10 Å². The standard InChI is InChI=1S/C15H26N4O2/c1-15(2,3)13-12(11-18(5)16-13)10-17(4)6-7-19-8-9-21-14(19)20/h11H,6-10H2,1-5H3. The molecule has 6 nitrogen and oxygen atoms in total. The fraction of sp³-hybridized carbons (Fsp3) is 0.733. The van der Waals surface area contributed by atoms with Crippen molar-refractivity contribution in [3.05, 3.63) is 17.5 Å². The highest BCUT2D eigenvalue weighted by Gasteiger charge is 2.24. The van der Waals surface area contributed by atoms with E-state index in [0.717, 1.165) is 18.8 Å². The Balaban J connectivity index is 1.93. The van der Waals surface area contributed by atoms with Crippen LogP contribution in [0.15, 0.2) is 6.20 Å². The number of cyclic esters (lactones) is 1. The molecule has 0 unspecified atom stereocenters. The average molecular weight is 294 g/mol. The lowest BCUT2D eigenvalue weighted by Crippen LogP contribution is -2.33. The van der Waals surface area contributed by atoms with Crippen LogP contribution in [0.2, 0.25) is 0 Å². The third-order valence-electron chi connectivity index (χ3n) is 3.65. The second kappa shape index (κ2) is 6.05. The third-order valence-corrected chi connectivity index (χ3v) is 3.65. The van der Waals surface area contributed by atoms with Gasteiger partial charge in [-0.15, -0.1) is 0 Å². The highest BCUT2D eigenvalue weighted by molar-refractivity contribution is 5.69. The smallest absolute Gasteiger partial charge is 0.409 e. The number of carbonyl (C=O) groups excluding carboxylic acids is 1. The van der Waals surface area contributed by atoms with E-state index in [1.807, 2.05) is 11.7 Å². The summed E-state index contributed by atoms with van der Waals surface area (Å²) in [5.74, 6) is 0. The van der Waals surface area contributed by atoms with Crippen molar-refractivity contribution in [1.82, 2.24) is 19.6 Å². The second-order valence-electron chi connectivity index (χ2n) is 6.77. The summed E-state index contributed by atoms with van der Waals surface area (Å²) in [7, 11) is 4.03. The van der Waals surface area contributed by atoms with Gasteiger partial charge in [0.1, 0.15) is 6.61 Å². The minimum absolute atomic E-state index is 0.0379. The molecule has 2 rings (SSSR count). The molecule has 0 radical (unpaired) electrons. The number of aromatic nitrogens is 2. The molecule has 1 aromatic heterocycles. The van der Waals surface area contributed by atoms with Crippen LogP contribution in [-0.4, -0.2) is 59.0 Å². The normalized spacial score (nSPS) is 15.9. The van der Waals surface area contributed by atoms with Crippen LogP contribution < -0.4 is 0 Å². The van der Waals surface area contributed by atoms with Crippen LogP contribution in [0.4, 0.5) is 4.79 Å². The summed E-state index contributed by atoms with van der Waals surface area (Å²) in [5, 5.41) is 4.59. The van der Waals surface area contributed by atoms with Gasteiger partial charge in [0.05, 0.1) is 12.2 Å². The van der Waals surface area contributed by atoms with E-state index in [-0.39, 0.29) is 11.5 Å². The van der Waals surface area contributed by atoms with Gasteiger partial charge in [-0.1, -0.05) is 20.8 Å². The number of amides is 1. The molecule has 2 heterocycles. The molecule has 21 heavy (non-hydrogen) atoms. The Morgan fingerprint density at radius 3 is 2.71 bits per heavy atom. The molecular weight excluding hydrogens is 268 g/mol. The van der Waals surface area contributed by atoms with Crippen LogP contribution in [0.5, 0.6) is 0 Å². The molecule has 1 saturated heterocycles. The van der Waals surface area contributed by atoms with Gasteiger partial charge in [0.15, 0.2) is 0 Å². The first-order valence-electron chi connectivity index (χ1n) is 7.40. The van der Waals surface area contributed by atoms with E-state index in [4.69, 9.17) is 4.74 Å². The molecule has 0 aliphatic carbocycles. The van der Waals surface area contributed by atoms with Crippen LogP contribution in [0.3, 0.4) is 0 Å². The van der Waals surface area contributed by atoms with Gasteiger partial charge >= 0.3 is 6.09 Å². The molecule has 0 bridgehead atoms. The second-order valence-corrected chi connectivity index (χ2v) is 6.77. The van der Waals surface area contributed by atoms with Gasteiger partial charge in [-0.05, 0) is 7.05 Å². The van der Waals surface area contributed by atoms with Crippen molar-refractivity contribution in [2.45, 2.75) is 32.7 Å². The van der Waals surface area contributed by atoms with E-state index < -0.39 is 0 Å². The van der Waals surface area contributed by atoms with Crippen molar-refractivity contribution >= 4 is 6.09 Å². The van der Waals surface area contributed by atoms with E-state index in [9.17, 15) is 4.79 Å². The van der Waals surface area contributed by atoms with Gasteiger partial charge in [0.2, 0.25) is 0 Å². The monoisotopic (exact) mass is 294 g/mol. The number of nitrogens with zero attached hydrogens (tertiary/aromatic N) is 4. The molecule has 6 heteroatoms. The Bertz CT molecular complexity index is 504. The number of hydrogen-bond acceptors (Lipinski definition) is 4. The number of carbonyl (C=O) groups is 1.